The van der Waals surface area contributed by atoms with Crippen molar-refractivity contribution in [2.24, 2.45) is 5.92 Å². The molecule has 0 aliphatic carbocycles. The number of alkyl halides is 1. The van der Waals surface area contributed by atoms with Crippen LogP contribution < -0.4 is 5.32 Å². The molecule has 0 amide bonds. The molecule has 0 aromatic rings. The summed E-state index contributed by atoms with van der Waals surface area (Å²) < 4.78 is 0. The normalized spacial score (nSPS) is 14.3. The van der Waals surface area contributed by atoms with Crippen LogP contribution in [0.5, 0.6) is 0 Å². The average Bonchev–Trinajstić information content (AvgIpc) is 1.83. The molecule has 0 aliphatic heterocycles. The minimum absolute atomic E-state index is 0.604. The Balaban J connectivity index is 3.06. The molecule has 0 spiro atoms. The molecule has 1 nitrogen and oxygen atoms in total. The summed E-state index contributed by atoms with van der Waals surface area (Å²) >= 11 is 3.40. The van der Waals surface area contributed by atoms with Crippen molar-refractivity contribution in [3.63, 3.8) is 0 Å². The number of hydrogen-bond donors (Lipinski definition) is 1. The van der Waals surface area contributed by atoms with Crippen molar-refractivity contribution in [3.05, 3.63) is 0 Å². The van der Waals surface area contributed by atoms with Crippen molar-refractivity contribution >= 4 is 15.9 Å². The highest BCUT2D eigenvalue weighted by Gasteiger charge is 1.98. The summed E-state index contributed by atoms with van der Waals surface area (Å²) in [4.78, 5) is 0. The number of nitrogens with one attached hydrogen (secondary N) is 1. The molecule has 0 radical (unpaired) electrons. The fraction of sp³-hybridized carbons (Fsp3) is 1.00. The largest absolute Gasteiger partial charge is 0.313 e. The summed E-state index contributed by atoms with van der Waals surface area (Å²) in [6, 6.07) is 0.604. The predicted molar refractivity (Wildman–Crippen MR) is 46.1 cm³/mol. The summed E-state index contributed by atoms with van der Waals surface area (Å²) in [5.41, 5.74) is 0. The first-order valence-corrected chi connectivity index (χ1v) is 4.58. The summed E-state index contributed by atoms with van der Waals surface area (Å²) in [5, 5.41) is 4.43. The lowest BCUT2D eigenvalue weighted by Crippen LogP contribution is -2.30. The van der Waals surface area contributed by atoms with Crippen molar-refractivity contribution < 1.29 is 0 Å². The quantitative estimate of drug-likeness (QED) is 0.675. The Morgan fingerprint density at radius 2 is 1.89 bits per heavy atom. The van der Waals surface area contributed by atoms with Gasteiger partial charge in [-0.15, -0.1) is 0 Å². The SMILES string of the molecule is CC(C)CNC(C)CBr. The zero-order valence-corrected chi connectivity index (χ0v) is 8.03. The highest BCUT2D eigenvalue weighted by molar-refractivity contribution is 9.09. The molecular formula is C7H16BrN. The molecule has 0 fully saturated rings. The van der Waals surface area contributed by atoms with Gasteiger partial charge in [0, 0.05) is 11.4 Å². The van der Waals surface area contributed by atoms with Gasteiger partial charge in [0.05, 0.1) is 0 Å². The second-order valence-electron chi connectivity index (χ2n) is 2.86. The van der Waals surface area contributed by atoms with E-state index >= 15 is 0 Å². The van der Waals surface area contributed by atoms with Crippen LogP contribution in [0, 0.1) is 5.92 Å². The zero-order chi connectivity index (χ0) is 7.28. The first-order chi connectivity index (χ1) is 4.16. The van der Waals surface area contributed by atoms with Gasteiger partial charge in [0.2, 0.25) is 0 Å². The zero-order valence-electron chi connectivity index (χ0n) is 6.45. The second-order valence-corrected chi connectivity index (χ2v) is 3.50. The van der Waals surface area contributed by atoms with Gasteiger partial charge in [0.15, 0.2) is 0 Å². The van der Waals surface area contributed by atoms with Crippen LogP contribution in [-0.4, -0.2) is 17.9 Å². The van der Waals surface area contributed by atoms with E-state index in [9.17, 15) is 0 Å². The summed E-state index contributed by atoms with van der Waals surface area (Å²) in [7, 11) is 0. The van der Waals surface area contributed by atoms with E-state index in [1.54, 1.807) is 0 Å². The van der Waals surface area contributed by atoms with Crippen LogP contribution in [0.25, 0.3) is 0 Å². The fourth-order valence-electron chi connectivity index (χ4n) is 0.491. The van der Waals surface area contributed by atoms with Crippen LogP contribution in [0.3, 0.4) is 0 Å². The Bertz CT molecular complexity index is 63.9. The van der Waals surface area contributed by atoms with Crippen molar-refractivity contribution in [3.8, 4) is 0 Å². The molecular weight excluding hydrogens is 178 g/mol. The van der Waals surface area contributed by atoms with E-state index in [-0.39, 0.29) is 0 Å². The topological polar surface area (TPSA) is 12.0 Å². The molecule has 0 aromatic carbocycles. The summed E-state index contributed by atoms with van der Waals surface area (Å²) in [6.07, 6.45) is 0. The lowest BCUT2D eigenvalue weighted by molar-refractivity contribution is 0.510. The molecule has 2 heteroatoms. The van der Waals surface area contributed by atoms with E-state index < -0.39 is 0 Å². The molecule has 0 saturated heterocycles. The molecule has 0 aliphatic rings. The van der Waals surface area contributed by atoms with Gasteiger partial charge < -0.3 is 5.32 Å². The first-order valence-electron chi connectivity index (χ1n) is 3.46. The van der Waals surface area contributed by atoms with Gasteiger partial charge in [-0.1, -0.05) is 29.8 Å². The van der Waals surface area contributed by atoms with Gasteiger partial charge in [0.25, 0.3) is 0 Å². The van der Waals surface area contributed by atoms with Gasteiger partial charge in [-0.3, -0.25) is 0 Å². The van der Waals surface area contributed by atoms with Crippen LogP contribution >= 0.6 is 15.9 Å². The van der Waals surface area contributed by atoms with Gasteiger partial charge in [-0.05, 0) is 19.4 Å². The van der Waals surface area contributed by atoms with Crippen molar-refractivity contribution in [2.75, 3.05) is 11.9 Å². The lowest BCUT2D eigenvalue weighted by atomic mass is 10.2. The van der Waals surface area contributed by atoms with Gasteiger partial charge in [0.1, 0.15) is 0 Å². The maximum atomic E-state index is 3.40. The smallest absolute Gasteiger partial charge is 0.0183 e. The van der Waals surface area contributed by atoms with Gasteiger partial charge in [-0.25, -0.2) is 0 Å². The monoisotopic (exact) mass is 193 g/mol. The Morgan fingerprint density at radius 3 is 2.22 bits per heavy atom. The Kier molecular flexibility index (Phi) is 5.50. The Morgan fingerprint density at radius 1 is 1.33 bits per heavy atom. The third-order valence-electron chi connectivity index (χ3n) is 1.11. The summed E-state index contributed by atoms with van der Waals surface area (Å²) in [5.74, 6) is 0.756. The number of rotatable bonds is 4. The molecule has 1 atom stereocenters. The van der Waals surface area contributed by atoms with E-state index in [0.717, 1.165) is 17.8 Å². The minimum atomic E-state index is 0.604. The molecule has 0 saturated carbocycles. The molecule has 0 bridgehead atoms. The van der Waals surface area contributed by atoms with Crippen LogP contribution in [0.4, 0.5) is 0 Å². The molecule has 0 rings (SSSR count). The summed E-state index contributed by atoms with van der Waals surface area (Å²) in [6.45, 7) is 7.73. The van der Waals surface area contributed by atoms with Crippen molar-refractivity contribution in [2.45, 2.75) is 26.8 Å². The standard InChI is InChI=1S/C7H16BrN/c1-6(2)5-9-7(3)4-8/h6-7,9H,4-5H2,1-3H3. The van der Waals surface area contributed by atoms with Crippen LogP contribution in [0.1, 0.15) is 20.8 Å². The first kappa shape index (κ1) is 9.44. The Hall–Kier alpha value is 0.440. The maximum absolute atomic E-state index is 3.40. The molecule has 1 unspecified atom stereocenters. The number of hydrogen-bond acceptors (Lipinski definition) is 1. The average molecular weight is 194 g/mol. The van der Waals surface area contributed by atoms with Crippen molar-refractivity contribution in [1.82, 2.24) is 5.32 Å². The van der Waals surface area contributed by atoms with E-state index in [4.69, 9.17) is 0 Å². The predicted octanol–water partition coefficient (Wildman–Crippen LogP) is 2.02. The minimum Gasteiger partial charge on any atom is -0.313 e. The molecule has 0 heterocycles. The van der Waals surface area contributed by atoms with E-state index in [0.29, 0.717) is 6.04 Å². The third-order valence-corrected chi connectivity index (χ3v) is 2.08. The van der Waals surface area contributed by atoms with Crippen LogP contribution in [0.2, 0.25) is 0 Å². The third kappa shape index (κ3) is 6.32. The Labute approximate surface area is 66.3 Å². The highest BCUT2D eigenvalue weighted by atomic mass is 79.9. The van der Waals surface area contributed by atoms with Gasteiger partial charge >= 0.3 is 0 Å². The van der Waals surface area contributed by atoms with Gasteiger partial charge in [-0.2, -0.15) is 0 Å². The molecule has 0 aromatic heterocycles. The van der Waals surface area contributed by atoms with Crippen LogP contribution in [0.15, 0.2) is 0 Å². The highest BCUT2D eigenvalue weighted by Crippen LogP contribution is 1.92. The fourth-order valence-corrected chi connectivity index (χ4v) is 0.720. The number of halogens is 1. The second kappa shape index (κ2) is 5.24. The molecule has 9 heavy (non-hydrogen) atoms. The van der Waals surface area contributed by atoms with Crippen LogP contribution in [-0.2, 0) is 0 Å². The van der Waals surface area contributed by atoms with E-state index in [2.05, 4.69) is 42.0 Å². The molecule has 1 N–H and O–H groups in total. The van der Waals surface area contributed by atoms with E-state index in [1.807, 2.05) is 0 Å². The molecule has 56 valence electrons. The lowest BCUT2D eigenvalue weighted by Gasteiger charge is -2.11. The van der Waals surface area contributed by atoms with Crippen molar-refractivity contribution in [1.29, 1.82) is 0 Å². The van der Waals surface area contributed by atoms with E-state index in [1.165, 1.54) is 0 Å². The maximum Gasteiger partial charge on any atom is 0.0183 e.